The molecule has 2 unspecified atom stereocenters. The number of carbonyl (C=O) groups is 3. The molecule has 1 aromatic carbocycles. The fourth-order valence-corrected chi connectivity index (χ4v) is 4.19. The number of rotatable bonds is 7. The second kappa shape index (κ2) is 11.2. The van der Waals surface area contributed by atoms with Crippen molar-refractivity contribution < 1.29 is 28.8 Å². The highest BCUT2D eigenvalue weighted by molar-refractivity contribution is 6.04. The highest BCUT2D eigenvalue weighted by atomic mass is 16.6. The van der Waals surface area contributed by atoms with Crippen molar-refractivity contribution in [2.75, 3.05) is 14.2 Å². The zero-order valence-electron chi connectivity index (χ0n) is 19.3. The normalized spacial score (nSPS) is 20.9. The Bertz CT molecular complexity index is 1120. The Hall–Kier alpha value is -4.27. The first kappa shape index (κ1) is 25.4. The van der Waals surface area contributed by atoms with Gasteiger partial charge >= 0.3 is 11.9 Å². The van der Waals surface area contributed by atoms with Crippen molar-refractivity contribution in [3.8, 4) is 6.07 Å². The zero-order chi connectivity index (χ0) is 25.5. The SMILES string of the molecule is COC(=O)C1=C(NC2CCCCC2)C(C#N)C(=O)N(/N=C/c2cccc([N+](=O)[O-])c2)C1C(=O)OC. The molecule has 1 saturated carbocycles. The number of nitro benzene ring substituents is 1. The van der Waals surface area contributed by atoms with Crippen molar-refractivity contribution in [2.24, 2.45) is 11.0 Å². The molecule has 35 heavy (non-hydrogen) atoms. The number of nitrogens with one attached hydrogen (secondary N) is 1. The topological polar surface area (TPSA) is 164 Å². The first-order valence-corrected chi connectivity index (χ1v) is 11.0. The fourth-order valence-electron chi connectivity index (χ4n) is 4.19. The molecule has 1 aromatic rings. The molecule has 3 rings (SSSR count). The van der Waals surface area contributed by atoms with E-state index in [1.807, 2.05) is 6.07 Å². The third kappa shape index (κ3) is 5.46. The first-order chi connectivity index (χ1) is 16.8. The molecule has 1 aliphatic carbocycles. The van der Waals surface area contributed by atoms with Crippen molar-refractivity contribution in [1.29, 1.82) is 5.26 Å². The number of benzene rings is 1. The van der Waals surface area contributed by atoms with Crippen LogP contribution in [0, 0.1) is 27.4 Å². The van der Waals surface area contributed by atoms with Crippen LogP contribution < -0.4 is 5.32 Å². The highest BCUT2D eigenvalue weighted by Gasteiger charge is 2.49. The molecule has 0 spiro atoms. The molecular weight excluding hydrogens is 458 g/mol. The lowest BCUT2D eigenvalue weighted by molar-refractivity contribution is -0.384. The van der Waals surface area contributed by atoms with Crippen molar-refractivity contribution in [3.05, 3.63) is 51.2 Å². The van der Waals surface area contributed by atoms with E-state index in [-0.39, 0.29) is 28.6 Å². The average molecular weight is 483 g/mol. The van der Waals surface area contributed by atoms with Crippen LogP contribution in [0.3, 0.4) is 0 Å². The van der Waals surface area contributed by atoms with Crippen molar-refractivity contribution in [3.63, 3.8) is 0 Å². The van der Waals surface area contributed by atoms with Crippen LogP contribution in [0.1, 0.15) is 37.7 Å². The van der Waals surface area contributed by atoms with Crippen LogP contribution in [0.5, 0.6) is 0 Å². The van der Waals surface area contributed by atoms with Crippen LogP contribution in [0.15, 0.2) is 40.6 Å². The Kier molecular flexibility index (Phi) is 8.14. The number of nitro groups is 1. The maximum Gasteiger partial charge on any atom is 0.338 e. The number of ether oxygens (including phenoxy) is 2. The summed E-state index contributed by atoms with van der Waals surface area (Å²) in [6.45, 7) is 0. The molecule has 1 amide bonds. The summed E-state index contributed by atoms with van der Waals surface area (Å²) in [7, 11) is 2.21. The number of carbonyl (C=O) groups excluding carboxylic acids is 3. The number of methoxy groups -OCH3 is 2. The summed E-state index contributed by atoms with van der Waals surface area (Å²) in [6.07, 6.45) is 5.65. The summed E-state index contributed by atoms with van der Waals surface area (Å²) in [4.78, 5) is 49.5. The molecule has 1 heterocycles. The molecule has 0 aromatic heterocycles. The summed E-state index contributed by atoms with van der Waals surface area (Å²) < 4.78 is 9.75. The van der Waals surface area contributed by atoms with E-state index in [4.69, 9.17) is 9.47 Å². The number of nitriles is 1. The van der Waals surface area contributed by atoms with Crippen molar-refractivity contribution in [1.82, 2.24) is 10.3 Å². The molecule has 2 atom stereocenters. The van der Waals surface area contributed by atoms with Crippen LogP contribution in [-0.4, -0.2) is 60.3 Å². The number of nitrogens with zero attached hydrogens (tertiary/aromatic N) is 4. The maximum atomic E-state index is 13.3. The van der Waals surface area contributed by atoms with Crippen LogP contribution in [0.2, 0.25) is 0 Å². The van der Waals surface area contributed by atoms with E-state index in [0.29, 0.717) is 5.01 Å². The molecule has 1 N–H and O–H groups in total. The standard InChI is InChI=1S/C23H25N5O7/c1-34-22(30)18-19(26-15-8-4-3-5-9-15)17(12-24)21(29)27(20(18)23(31)35-2)25-13-14-7-6-10-16(11-14)28(32)33/h6-7,10-11,13,15,17,20,26H,3-5,8-9H2,1-2H3/b25-13+. The van der Waals surface area contributed by atoms with Crippen LogP contribution in [-0.2, 0) is 23.9 Å². The molecule has 1 fully saturated rings. The minimum Gasteiger partial charge on any atom is -0.467 e. The summed E-state index contributed by atoms with van der Waals surface area (Å²) in [5.74, 6) is -4.18. The minimum absolute atomic E-state index is 0.00782. The Labute approximate surface area is 201 Å². The van der Waals surface area contributed by atoms with Gasteiger partial charge in [-0.3, -0.25) is 14.9 Å². The molecule has 184 valence electrons. The van der Waals surface area contributed by atoms with Gasteiger partial charge in [-0.05, 0) is 12.8 Å². The number of hydrogen-bond acceptors (Lipinski definition) is 10. The van der Waals surface area contributed by atoms with Gasteiger partial charge in [0.2, 0.25) is 0 Å². The Balaban J connectivity index is 2.11. The van der Waals surface area contributed by atoms with E-state index in [2.05, 4.69) is 10.4 Å². The number of amides is 1. The van der Waals surface area contributed by atoms with Crippen LogP contribution in [0.4, 0.5) is 5.69 Å². The Morgan fingerprint density at radius 2 is 1.97 bits per heavy atom. The summed E-state index contributed by atoms with van der Waals surface area (Å²) >= 11 is 0. The fraction of sp³-hybridized carbons (Fsp3) is 0.435. The molecule has 0 bridgehead atoms. The number of esters is 2. The van der Waals surface area contributed by atoms with E-state index in [1.165, 1.54) is 24.3 Å². The monoisotopic (exact) mass is 483 g/mol. The minimum atomic E-state index is -1.62. The smallest absolute Gasteiger partial charge is 0.338 e. The van der Waals surface area contributed by atoms with E-state index in [1.54, 1.807) is 0 Å². The number of non-ortho nitro benzene ring substituents is 1. The second-order valence-corrected chi connectivity index (χ2v) is 8.07. The molecule has 0 radical (unpaired) electrons. The molecule has 2 aliphatic rings. The quantitative estimate of drug-likeness (QED) is 0.263. The molecular formula is C23H25N5O7. The maximum absolute atomic E-state index is 13.3. The third-order valence-corrected chi connectivity index (χ3v) is 5.91. The lowest BCUT2D eigenvalue weighted by Gasteiger charge is -2.36. The van der Waals surface area contributed by atoms with Gasteiger partial charge in [-0.25, -0.2) is 14.6 Å². The second-order valence-electron chi connectivity index (χ2n) is 8.07. The van der Waals surface area contributed by atoms with Crippen molar-refractivity contribution in [2.45, 2.75) is 44.2 Å². The molecule has 12 nitrogen and oxygen atoms in total. The van der Waals surface area contributed by atoms with Gasteiger partial charge in [0.15, 0.2) is 12.0 Å². The summed E-state index contributed by atoms with van der Waals surface area (Å²) in [5, 5.41) is 28.8. The van der Waals surface area contributed by atoms with Crippen molar-refractivity contribution >= 4 is 29.7 Å². The van der Waals surface area contributed by atoms with Gasteiger partial charge in [0, 0.05) is 23.7 Å². The van der Waals surface area contributed by atoms with E-state index >= 15 is 0 Å². The van der Waals surface area contributed by atoms with Gasteiger partial charge in [-0.1, -0.05) is 31.4 Å². The van der Waals surface area contributed by atoms with E-state index < -0.39 is 34.7 Å². The number of hydrogen-bond donors (Lipinski definition) is 1. The van der Waals surface area contributed by atoms with E-state index in [9.17, 15) is 29.8 Å². The van der Waals surface area contributed by atoms with Gasteiger partial charge in [0.25, 0.3) is 11.6 Å². The van der Waals surface area contributed by atoms with Crippen LogP contribution >= 0.6 is 0 Å². The molecule has 12 heteroatoms. The van der Waals surface area contributed by atoms with Gasteiger partial charge in [0.1, 0.15) is 0 Å². The van der Waals surface area contributed by atoms with Gasteiger partial charge < -0.3 is 14.8 Å². The largest absolute Gasteiger partial charge is 0.467 e. The Morgan fingerprint density at radius 3 is 2.57 bits per heavy atom. The summed E-state index contributed by atoms with van der Waals surface area (Å²) in [5.41, 5.74) is -0.174. The first-order valence-electron chi connectivity index (χ1n) is 11.0. The molecule has 0 saturated heterocycles. The lowest BCUT2D eigenvalue weighted by atomic mass is 9.88. The Morgan fingerprint density at radius 1 is 1.26 bits per heavy atom. The zero-order valence-corrected chi connectivity index (χ0v) is 19.3. The predicted molar refractivity (Wildman–Crippen MR) is 121 cm³/mol. The average Bonchev–Trinajstić information content (AvgIpc) is 2.87. The van der Waals surface area contributed by atoms with Crippen LogP contribution in [0.25, 0.3) is 0 Å². The number of hydrazone groups is 1. The van der Waals surface area contributed by atoms with Gasteiger partial charge in [-0.2, -0.15) is 10.4 Å². The lowest BCUT2D eigenvalue weighted by Crippen LogP contribution is -2.55. The van der Waals surface area contributed by atoms with E-state index in [0.717, 1.165) is 52.5 Å². The van der Waals surface area contributed by atoms with Gasteiger partial charge in [0.05, 0.1) is 42.7 Å². The third-order valence-electron chi connectivity index (χ3n) is 5.91. The molecule has 1 aliphatic heterocycles. The highest BCUT2D eigenvalue weighted by Crippen LogP contribution is 2.32. The van der Waals surface area contributed by atoms with Gasteiger partial charge in [-0.15, -0.1) is 0 Å². The predicted octanol–water partition coefficient (Wildman–Crippen LogP) is 1.80. The summed E-state index contributed by atoms with van der Waals surface area (Å²) in [6, 6.07) is 5.64.